The van der Waals surface area contributed by atoms with Gasteiger partial charge in [-0.25, -0.2) is 9.97 Å². The predicted octanol–water partition coefficient (Wildman–Crippen LogP) is 2.03. The second kappa shape index (κ2) is 8.31. The van der Waals surface area contributed by atoms with Crippen molar-refractivity contribution in [3.8, 4) is 0 Å². The van der Waals surface area contributed by atoms with E-state index in [1.54, 1.807) is 7.11 Å². The summed E-state index contributed by atoms with van der Waals surface area (Å²) in [6.45, 7) is 3.43. The number of nitrogen functional groups attached to an aromatic ring is 1. The number of rotatable bonds is 4. The molecular formula is C23H28N6O2S. The summed E-state index contributed by atoms with van der Waals surface area (Å²) < 4.78 is 5.46. The monoisotopic (exact) mass is 452 g/mol. The van der Waals surface area contributed by atoms with Gasteiger partial charge in [-0.2, -0.15) is 0 Å². The van der Waals surface area contributed by atoms with Crippen molar-refractivity contribution in [3.05, 3.63) is 46.1 Å². The zero-order chi connectivity index (χ0) is 22.4. The number of fused-ring (bicyclic) bond motifs is 2. The Labute approximate surface area is 191 Å². The number of thiophene rings is 1. The molecule has 1 fully saturated rings. The molecule has 5 rings (SSSR count). The molecule has 3 aromatic heterocycles. The van der Waals surface area contributed by atoms with E-state index in [4.69, 9.17) is 21.2 Å². The summed E-state index contributed by atoms with van der Waals surface area (Å²) in [4.78, 5) is 25.9. The topological polar surface area (TPSA) is 119 Å². The van der Waals surface area contributed by atoms with Gasteiger partial charge in [0, 0.05) is 43.0 Å². The van der Waals surface area contributed by atoms with Crippen molar-refractivity contribution in [3.63, 3.8) is 0 Å². The van der Waals surface area contributed by atoms with E-state index in [1.165, 1.54) is 16.9 Å². The van der Waals surface area contributed by atoms with Crippen LogP contribution in [0.2, 0.25) is 0 Å². The van der Waals surface area contributed by atoms with E-state index in [2.05, 4.69) is 21.3 Å². The van der Waals surface area contributed by atoms with Crippen LogP contribution in [0.5, 0.6) is 0 Å². The van der Waals surface area contributed by atoms with Crippen LogP contribution < -0.4 is 21.7 Å². The number of amides is 1. The number of carbonyl (C=O) groups excluding carboxylic acids is 1. The highest BCUT2D eigenvalue weighted by Gasteiger charge is 2.31. The summed E-state index contributed by atoms with van der Waals surface area (Å²) in [6, 6.07) is 8.08. The number of anilines is 2. The summed E-state index contributed by atoms with van der Waals surface area (Å²) >= 11 is 1.35. The highest BCUT2D eigenvalue weighted by Crippen LogP contribution is 2.33. The van der Waals surface area contributed by atoms with Gasteiger partial charge in [-0.15, -0.1) is 11.3 Å². The van der Waals surface area contributed by atoms with E-state index < -0.39 is 0 Å². The molecule has 1 saturated heterocycles. The number of nitrogens with zero attached hydrogens (tertiary/aromatic N) is 3. The Balaban J connectivity index is 1.28. The lowest BCUT2D eigenvalue weighted by molar-refractivity contribution is 0.0938. The number of methoxy groups -OCH3 is 1. The van der Waals surface area contributed by atoms with Crippen LogP contribution in [0.3, 0.4) is 0 Å². The first-order valence-electron chi connectivity index (χ1n) is 10.9. The molecule has 1 aliphatic carbocycles. The maximum Gasteiger partial charge on any atom is 0.263 e. The van der Waals surface area contributed by atoms with Crippen LogP contribution in [-0.2, 0) is 17.6 Å². The molecule has 8 nitrogen and oxygen atoms in total. The zero-order valence-electron chi connectivity index (χ0n) is 18.3. The molecule has 0 unspecified atom stereocenters. The Kier molecular flexibility index (Phi) is 5.48. The molecule has 3 aromatic rings. The van der Waals surface area contributed by atoms with Gasteiger partial charge in [0.2, 0.25) is 0 Å². The van der Waals surface area contributed by atoms with Crippen molar-refractivity contribution in [2.75, 3.05) is 30.8 Å². The molecule has 32 heavy (non-hydrogen) atoms. The van der Waals surface area contributed by atoms with Crippen molar-refractivity contribution in [2.45, 2.75) is 44.4 Å². The molecule has 0 radical (unpaired) electrons. The maximum absolute atomic E-state index is 13.0. The van der Waals surface area contributed by atoms with E-state index in [9.17, 15) is 4.79 Å². The number of aryl methyl sites for hydroxylation is 2. The summed E-state index contributed by atoms with van der Waals surface area (Å²) in [5.41, 5.74) is 16.1. The van der Waals surface area contributed by atoms with Gasteiger partial charge in [0.15, 0.2) is 0 Å². The summed E-state index contributed by atoms with van der Waals surface area (Å²) in [6.07, 6.45) is 2.46. The lowest BCUT2D eigenvalue weighted by Gasteiger charge is -2.26. The molecule has 2 aliphatic rings. The normalized spacial score (nSPS) is 22.8. The van der Waals surface area contributed by atoms with Gasteiger partial charge in [0.1, 0.15) is 15.5 Å². The first-order chi connectivity index (χ1) is 15.4. The van der Waals surface area contributed by atoms with Crippen molar-refractivity contribution < 1.29 is 9.53 Å². The summed E-state index contributed by atoms with van der Waals surface area (Å²) in [7, 11) is 1.70. The molecule has 168 valence electrons. The average Bonchev–Trinajstić information content (AvgIpc) is 3.32. The first-order valence-corrected chi connectivity index (χ1v) is 11.7. The Hall–Kier alpha value is -2.75. The molecule has 0 spiro atoms. The summed E-state index contributed by atoms with van der Waals surface area (Å²) in [5, 5.41) is 4.02. The van der Waals surface area contributed by atoms with E-state index >= 15 is 0 Å². The molecule has 0 saturated carbocycles. The number of nitrogens with two attached hydrogens (primary N) is 2. The number of hydrogen-bond acceptors (Lipinski definition) is 8. The third kappa shape index (κ3) is 3.80. The average molecular weight is 453 g/mol. The molecule has 3 atom stereocenters. The standard InChI is InChI=1S/C23H28N6O2S/c1-12-3-6-15-20(25)21(32-23(15)26-12)22(30)27-14-5-7-17-13(9-14)4-8-19(28-17)29-10-16(24)18(11-29)31-2/h3-4,6,8,14,16,18H,5,7,9-11,24-25H2,1-2H3,(H,27,30)/t14-,16-,18+/m0/s1. The van der Waals surface area contributed by atoms with Crippen LogP contribution in [0.25, 0.3) is 10.2 Å². The Morgan fingerprint density at radius 2 is 2.09 bits per heavy atom. The van der Waals surface area contributed by atoms with Gasteiger partial charge in [-0.05, 0) is 49.9 Å². The first kappa shape index (κ1) is 21.1. The molecule has 4 heterocycles. The minimum atomic E-state index is -0.127. The van der Waals surface area contributed by atoms with E-state index in [0.29, 0.717) is 10.6 Å². The SMILES string of the molecule is CO[C@@H]1CN(c2ccc3c(n2)CC[C@H](NC(=O)c2sc4nc(C)ccc4c2N)C3)C[C@@H]1N. The molecular weight excluding hydrogens is 424 g/mol. The number of aromatic nitrogens is 2. The van der Waals surface area contributed by atoms with Crippen LogP contribution in [-0.4, -0.2) is 54.3 Å². The fraction of sp³-hybridized carbons (Fsp3) is 0.435. The molecule has 1 amide bonds. The van der Waals surface area contributed by atoms with E-state index in [0.717, 1.165) is 59.8 Å². The van der Waals surface area contributed by atoms with Gasteiger partial charge in [0.05, 0.1) is 17.8 Å². The number of pyridine rings is 2. The zero-order valence-corrected chi connectivity index (χ0v) is 19.1. The molecule has 1 aliphatic heterocycles. The number of ether oxygens (including phenoxy) is 1. The smallest absolute Gasteiger partial charge is 0.263 e. The minimum absolute atomic E-state index is 0.00197. The van der Waals surface area contributed by atoms with Gasteiger partial charge < -0.3 is 26.4 Å². The highest BCUT2D eigenvalue weighted by molar-refractivity contribution is 7.21. The highest BCUT2D eigenvalue weighted by atomic mass is 32.1. The molecule has 0 bridgehead atoms. The third-order valence-corrected chi connectivity index (χ3v) is 7.57. The Morgan fingerprint density at radius 1 is 1.25 bits per heavy atom. The van der Waals surface area contributed by atoms with Gasteiger partial charge in [0.25, 0.3) is 5.91 Å². The van der Waals surface area contributed by atoms with Crippen LogP contribution in [0.1, 0.15) is 33.0 Å². The fourth-order valence-corrected chi connectivity index (χ4v) is 5.69. The molecule has 9 heteroatoms. The van der Waals surface area contributed by atoms with Crippen LogP contribution in [0.4, 0.5) is 11.5 Å². The van der Waals surface area contributed by atoms with Crippen molar-refractivity contribution in [2.24, 2.45) is 5.73 Å². The molecule has 0 aromatic carbocycles. The second-order valence-corrected chi connectivity index (χ2v) is 9.68. The lowest BCUT2D eigenvalue weighted by Crippen LogP contribution is -2.39. The summed E-state index contributed by atoms with van der Waals surface area (Å²) in [5.74, 6) is 0.819. The van der Waals surface area contributed by atoms with Crippen molar-refractivity contribution in [1.82, 2.24) is 15.3 Å². The largest absolute Gasteiger partial charge is 0.397 e. The van der Waals surface area contributed by atoms with Crippen LogP contribution in [0.15, 0.2) is 24.3 Å². The van der Waals surface area contributed by atoms with Gasteiger partial charge in [-0.1, -0.05) is 6.07 Å². The Bertz CT molecular complexity index is 1180. The minimum Gasteiger partial charge on any atom is -0.397 e. The number of hydrogen-bond donors (Lipinski definition) is 3. The van der Waals surface area contributed by atoms with Gasteiger partial charge in [-0.3, -0.25) is 4.79 Å². The third-order valence-electron chi connectivity index (χ3n) is 6.46. The van der Waals surface area contributed by atoms with Crippen LogP contribution >= 0.6 is 11.3 Å². The van der Waals surface area contributed by atoms with E-state index in [-0.39, 0.29) is 24.1 Å². The van der Waals surface area contributed by atoms with Crippen LogP contribution in [0, 0.1) is 6.92 Å². The van der Waals surface area contributed by atoms with Crippen molar-refractivity contribution >= 4 is 39.0 Å². The maximum atomic E-state index is 13.0. The van der Waals surface area contributed by atoms with E-state index in [1.807, 2.05) is 25.1 Å². The Morgan fingerprint density at radius 3 is 2.88 bits per heavy atom. The number of carbonyl (C=O) groups is 1. The van der Waals surface area contributed by atoms with Gasteiger partial charge >= 0.3 is 0 Å². The molecule has 5 N–H and O–H groups in total. The fourth-order valence-electron chi connectivity index (χ4n) is 4.64. The lowest BCUT2D eigenvalue weighted by atomic mass is 9.91. The quantitative estimate of drug-likeness (QED) is 0.554. The number of nitrogens with one attached hydrogen (secondary N) is 1. The second-order valence-electron chi connectivity index (χ2n) is 8.68. The van der Waals surface area contributed by atoms with Crippen molar-refractivity contribution in [1.29, 1.82) is 0 Å². The predicted molar refractivity (Wildman–Crippen MR) is 127 cm³/mol.